The monoisotopic (exact) mass is 192 g/mol. The summed E-state index contributed by atoms with van der Waals surface area (Å²) >= 11 is 0. The van der Waals surface area contributed by atoms with E-state index in [1.807, 2.05) is 25.5 Å². The highest BCUT2D eigenvalue weighted by Crippen LogP contribution is 2.15. The predicted molar refractivity (Wildman–Crippen MR) is 60.2 cm³/mol. The molecule has 1 heterocycles. The van der Waals surface area contributed by atoms with Crippen LogP contribution >= 0.6 is 0 Å². The molecule has 0 saturated carbocycles. The van der Waals surface area contributed by atoms with Gasteiger partial charge in [0.05, 0.1) is 0 Å². The number of pyridine rings is 1. The summed E-state index contributed by atoms with van der Waals surface area (Å²) < 4.78 is 0. The number of nitrogens with zero attached hydrogens (tertiary/aromatic N) is 1. The molecule has 1 rings (SSSR count). The van der Waals surface area contributed by atoms with Crippen molar-refractivity contribution in [1.29, 1.82) is 0 Å². The fraction of sp³-hybridized carbons (Fsp3) is 0.583. The van der Waals surface area contributed by atoms with Gasteiger partial charge in [-0.15, -0.1) is 0 Å². The van der Waals surface area contributed by atoms with Crippen LogP contribution in [0.15, 0.2) is 24.5 Å². The molecule has 0 saturated heterocycles. The predicted octanol–water partition coefficient (Wildman–Crippen LogP) is 2.12. The van der Waals surface area contributed by atoms with Crippen LogP contribution < -0.4 is 5.32 Å². The fourth-order valence-corrected chi connectivity index (χ4v) is 1.63. The first-order valence-electron chi connectivity index (χ1n) is 5.27. The largest absolute Gasteiger partial charge is 0.319 e. The van der Waals surface area contributed by atoms with Crippen molar-refractivity contribution in [2.24, 2.45) is 11.8 Å². The van der Waals surface area contributed by atoms with E-state index in [-0.39, 0.29) is 0 Å². The number of nitrogens with one attached hydrogen (secondary N) is 1. The van der Waals surface area contributed by atoms with E-state index >= 15 is 0 Å². The standard InChI is InChI=1S/C12H20N2/c1-10(2)12(9-13-3)7-11-5-4-6-14-8-11/h4-6,8,10,12-13H,7,9H2,1-3H3. The lowest BCUT2D eigenvalue weighted by atomic mass is 9.90. The summed E-state index contributed by atoms with van der Waals surface area (Å²) in [5, 5.41) is 3.25. The SMILES string of the molecule is CNCC(Cc1cccnc1)C(C)C. The van der Waals surface area contributed by atoms with Crippen molar-refractivity contribution in [3.05, 3.63) is 30.1 Å². The minimum Gasteiger partial charge on any atom is -0.319 e. The highest BCUT2D eigenvalue weighted by atomic mass is 14.8. The molecule has 0 fully saturated rings. The Morgan fingerprint density at radius 2 is 2.21 bits per heavy atom. The van der Waals surface area contributed by atoms with Crippen LogP contribution in [-0.2, 0) is 6.42 Å². The van der Waals surface area contributed by atoms with Gasteiger partial charge >= 0.3 is 0 Å². The van der Waals surface area contributed by atoms with Gasteiger partial charge in [-0.05, 0) is 43.5 Å². The summed E-state index contributed by atoms with van der Waals surface area (Å²) in [6.45, 7) is 5.63. The summed E-state index contributed by atoms with van der Waals surface area (Å²) in [7, 11) is 2.01. The third-order valence-electron chi connectivity index (χ3n) is 2.63. The van der Waals surface area contributed by atoms with E-state index in [1.54, 1.807) is 0 Å². The first-order chi connectivity index (χ1) is 6.74. The van der Waals surface area contributed by atoms with Crippen LogP contribution in [0, 0.1) is 11.8 Å². The zero-order chi connectivity index (χ0) is 10.4. The van der Waals surface area contributed by atoms with E-state index in [4.69, 9.17) is 0 Å². The quantitative estimate of drug-likeness (QED) is 0.773. The zero-order valence-electron chi connectivity index (χ0n) is 9.33. The molecule has 1 aromatic heterocycles. The molecule has 78 valence electrons. The van der Waals surface area contributed by atoms with E-state index < -0.39 is 0 Å². The summed E-state index contributed by atoms with van der Waals surface area (Å²) in [6.07, 6.45) is 4.91. The number of rotatable bonds is 5. The lowest BCUT2D eigenvalue weighted by molar-refractivity contribution is 0.370. The van der Waals surface area contributed by atoms with Crippen LogP contribution in [0.5, 0.6) is 0 Å². The van der Waals surface area contributed by atoms with Gasteiger partial charge in [-0.3, -0.25) is 4.98 Å². The van der Waals surface area contributed by atoms with Gasteiger partial charge in [0.25, 0.3) is 0 Å². The molecule has 1 unspecified atom stereocenters. The molecule has 1 aromatic rings. The summed E-state index contributed by atoms with van der Waals surface area (Å²) in [4.78, 5) is 4.14. The molecule has 2 nitrogen and oxygen atoms in total. The average Bonchev–Trinajstić information content (AvgIpc) is 2.18. The van der Waals surface area contributed by atoms with E-state index in [0.717, 1.165) is 13.0 Å². The molecular weight excluding hydrogens is 172 g/mol. The number of aromatic nitrogens is 1. The second kappa shape index (κ2) is 5.76. The summed E-state index contributed by atoms with van der Waals surface area (Å²) in [6, 6.07) is 4.16. The van der Waals surface area contributed by atoms with Crippen molar-refractivity contribution in [3.8, 4) is 0 Å². The zero-order valence-corrected chi connectivity index (χ0v) is 9.33. The van der Waals surface area contributed by atoms with Crippen molar-refractivity contribution in [3.63, 3.8) is 0 Å². The molecule has 0 aliphatic rings. The van der Waals surface area contributed by atoms with E-state index in [9.17, 15) is 0 Å². The van der Waals surface area contributed by atoms with Crippen LogP contribution in [0.4, 0.5) is 0 Å². The van der Waals surface area contributed by atoms with Crippen LogP contribution in [0.2, 0.25) is 0 Å². The van der Waals surface area contributed by atoms with E-state index in [2.05, 4.69) is 30.2 Å². The van der Waals surface area contributed by atoms with Crippen molar-refractivity contribution in [1.82, 2.24) is 10.3 Å². The van der Waals surface area contributed by atoms with Gasteiger partial charge in [0.1, 0.15) is 0 Å². The Morgan fingerprint density at radius 1 is 1.43 bits per heavy atom. The van der Waals surface area contributed by atoms with Gasteiger partial charge < -0.3 is 5.32 Å². The molecule has 0 aliphatic heterocycles. The summed E-state index contributed by atoms with van der Waals surface area (Å²) in [5.41, 5.74) is 1.33. The smallest absolute Gasteiger partial charge is 0.0299 e. The van der Waals surface area contributed by atoms with E-state index in [0.29, 0.717) is 11.8 Å². The van der Waals surface area contributed by atoms with Crippen LogP contribution in [0.25, 0.3) is 0 Å². The Kier molecular flexibility index (Phi) is 4.60. The minimum atomic E-state index is 0.698. The highest BCUT2D eigenvalue weighted by molar-refractivity contribution is 5.09. The lowest BCUT2D eigenvalue weighted by Crippen LogP contribution is -2.25. The average molecular weight is 192 g/mol. The Labute approximate surface area is 86.8 Å². The molecule has 0 aliphatic carbocycles. The Balaban J connectivity index is 2.55. The van der Waals surface area contributed by atoms with Crippen LogP contribution in [0.3, 0.4) is 0 Å². The van der Waals surface area contributed by atoms with Crippen molar-refractivity contribution in [2.75, 3.05) is 13.6 Å². The molecule has 14 heavy (non-hydrogen) atoms. The molecule has 0 amide bonds. The molecule has 0 aromatic carbocycles. The molecular formula is C12H20N2. The number of hydrogen-bond acceptors (Lipinski definition) is 2. The van der Waals surface area contributed by atoms with Crippen molar-refractivity contribution >= 4 is 0 Å². The molecule has 2 heteroatoms. The maximum atomic E-state index is 4.14. The Hall–Kier alpha value is -0.890. The lowest BCUT2D eigenvalue weighted by Gasteiger charge is -2.20. The maximum absolute atomic E-state index is 4.14. The molecule has 1 N–H and O–H groups in total. The van der Waals surface area contributed by atoms with Gasteiger partial charge in [0, 0.05) is 12.4 Å². The molecule has 1 atom stereocenters. The van der Waals surface area contributed by atoms with Crippen LogP contribution in [-0.4, -0.2) is 18.6 Å². The van der Waals surface area contributed by atoms with Crippen molar-refractivity contribution < 1.29 is 0 Å². The fourth-order valence-electron chi connectivity index (χ4n) is 1.63. The molecule has 0 bridgehead atoms. The normalized spacial score (nSPS) is 13.1. The Bertz CT molecular complexity index is 244. The number of hydrogen-bond donors (Lipinski definition) is 1. The van der Waals surface area contributed by atoms with Crippen LogP contribution in [0.1, 0.15) is 19.4 Å². The van der Waals surface area contributed by atoms with Gasteiger partial charge in [-0.25, -0.2) is 0 Å². The minimum absolute atomic E-state index is 0.698. The third kappa shape index (κ3) is 3.46. The van der Waals surface area contributed by atoms with Gasteiger partial charge in [-0.2, -0.15) is 0 Å². The first kappa shape index (κ1) is 11.2. The van der Waals surface area contributed by atoms with E-state index in [1.165, 1.54) is 5.56 Å². The van der Waals surface area contributed by atoms with Gasteiger partial charge in [-0.1, -0.05) is 19.9 Å². The first-order valence-corrected chi connectivity index (χ1v) is 5.27. The topological polar surface area (TPSA) is 24.9 Å². The Morgan fingerprint density at radius 3 is 2.71 bits per heavy atom. The molecule has 0 spiro atoms. The third-order valence-corrected chi connectivity index (χ3v) is 2.63. The maximum Gasteiger partial charge on any atom is 0.0299 e. The molecule has 0 radical (unpaired) electrons. The summed E-state index contributed by atoms with van der Waals surface area (Å²) in [5.74, 6) is 1.41. The van der Waals surface area contributed by atoms with Crippen molar-refractivity contribution in [2.45, 2.75) is 20.3 Å². The second-order valence-corrected chi connectivity index (χ2v) is 4.13. The highest BCUT2D eigenvalue weighted by Gasteiger charge is 2.12. The second-order valence-electron chi connectivity index (χ2n) is 4.13. The van der Waals surface area contributed by atoms with Gasteiger partial charge in [0.2, 0.25) is 0 Å². The van der Waals surface area contributed by atoms with Gasteiger partial charge in [0.15, 0.2) is 0 Å².